The van der Waals surface area contributed by atoms with Crippen LogP contribution in [0.25, 0.3) is 0 Å². The molecule has 7 nitrogen and oxygen atoms in total. The molecule has 0 radical (unpaired) electrons. The summed E-state index contributed by atoms with van der Waals surface area (Å²) in [5.41, 5.74) is -1.54. The van der Waals surface area contributed by atoms with Gasteiger partial charge in [0.2, 0.25) is 5.69 Å². The SMILES string of the molecule is COC(=O)C1CC(n2cc([N+](=O)[O-])c(C(F)F)n2)C1. The van der Waals surface area contributed by atoms with Gasteiger partial charge < -0.3 is 4.74 Å². The largest absolute Gasteiger partial charge is 0.469 e. The van der Waals surface area contributed by atoms with Crippen LogP contribution < -0.4 is 0 Å². The number of carbonyl (C=O) groups is 1. The molecule has 104 valence electrons. The van der Waals surface area contributed by atoms with Crippen LogP contribution in [0.3, 0.4) is 0 Å². The molecule has 1 aromatic heterocycles. The van der Waals surface area contributed by atoms with Crippen LogP contribution in [0, 0.1) is 16.0 Å². The maximum atomic E-state index is 12.6. The molecule has 0 saturated heterocycles. The molecular formula is C10H11F2N3O4. The molecule has 1 aliphatic rings. The Morgan fingerprint density at radius 1 is 1.63 bits per heavy atom. The van der Waals surface area contributed by atoms with Gasteiger partial charge in [0, 0.05) is 0 Å². The molecule has 0 bridgehead atoms. The van der Waals surface area contributed by atoms with Gasteiger partial charge in [0.05, 0.1) is 24.0 Å². The Morgan fingerprint density at radius 3 is 2.68 bits per heavy atom. The van der Waals surface area contributed by atoms with Gasteiger partial charge in [-0.05, 0) is 12.8 Å². The summed E-state index contributed by atoms with van der Waals surface area (Å²) >= 11 is 0. The van der Waals surface area contributed by atoms with E-state index in [0.29, 0.717) is 12.8 Å². The van der Waals surface area contributed by atoms with Gasteiger partial charge in [-0.25, -0.2) is 8.78 Å². The van der Waals surface area contributed by atoms with Crippen molar-refractivity contribution in [3.05, 3.63) is 22.0 Å². The maximum absolute atomic E-state index is 12.6. The number of aromatic nitrogens is 2. The molecule has 0 aromatic carbocycles. The molecule has 2 rings (SSSR count). The van der Waals surface area contributed by atoms with Crippen molar-refractivity contribution in [3.8, 4) is 0 Å². The highest BCUT2D eigenvalue weighted by atomic mass is 19.3. The van der Waals surface area contributed by atoms with Crippen LogP contribution in [-0.2, 0) is 9.53 Å². The molecule has 0 unspecified atom stereocenters. The maximum Gasteiger partial charge on any atom is 0.316 e. The standard InChI is InChI=1S/C10H11F2N3O4/c1-19-10(16)5-2-6(3-5)14-4-7(15(17)18)8(13-14)9(11)12/h4-6,9H,2-3H2,1H3. The number of esters is 1. The van der Waals surface area contributed by atoms with E-state index in [2.05, 4.69) is 9.84 Å². The van der Waals surface area contributed by atoms with Gasteiger partial charge in [-0.2, -0.15) is 5.10 Å². The molecule has 1 saturated carbocycles. The lowest BCUT2D eigenvalue weighted by molar-refractivity contribution is -0.386. The van der Waals surface area contributed by atoms with E-state index in [1.54, 1.807) is 0 Å². The van der Waals surface area contributed by atoms with Crippen LogP contribution in [0.4, 0.5) is 14.5 Å². The van der Waals surface area contributed by atoms with Crippen molar-refractivity contribution in [3.63, 3.8) is 0 Å². The fourth-order valence-corrected chi connectivity index (χ4v) is 2.04. The molecule has 19 heavy (non-hydrogen) atoms. The van der Waals surface area contributed by atoms with E-state index >= 15 is 0 Å². The fourth-order valence-electron chi connectivity index (χ4n) is 2.04. The van der Waals surface area contributed by atoms with Crippen LogP contribution in [-0.4, -0.2) is 27.8 Å². The number of ether oxygens (including phenoxy) is 1. The fraction of sp³-hybridized carbons (Fsp3) is 0.600. The Labute approximate surface area is 106 Å². The third-order valence-corrected chi connectivity index (χ3v) is 3.17. The van der Waals surface area contributed by atoms with E-state index in [1.165, 1.54) is 7.11 Å². The minimum atomic E-state index is -3.00. The quantitative estimate of drug-likeness (QED) is 0.475. The highest BCUT2D eigenvalue weighted by Gasteiger charge is 2.39. The monoisotopic (exact) mass is 275 g/mol. The second-order valence-electron chi connectivity index (χ2n) is 4.28. The van der Waals surface area contributed by atoms with Crippen molar-refractivity contribution in [2.45, 2.75) is 25.3 Å². The van der Waals surface area contributed by atoms with E-state index in [1.807, 2.05) is 0 Å². The summed E-state index contributed by atoms with van der Waals surface area (Å²) in [7, 11) is 1.27. The molecule has 1 fully saturated rings. The minimum Gasteiger partial charge on any atom is -0.469 e. The molecule has 1 aromatic rings. The van der Waals surface area contributed by atoms with Gasteiger partial charge in [-0.15, -0.1) is 0 Å². The first-order valence-electron chi connectivity index (χ1n) is 5.53. The van der Waals surface area contributed by atoms with Crippen LogP contribution >= 0.6 is 0 Å². The van der Waals surface area contributed by atoms with Crippen LogP contribution in [0.5, 0.6) is 0 Å². The molecular weight excluding hydrogens is 264 g/mol. The van der Waals surface area contributed by atoms with Crippen molar-refractivity contribution in [1.29, 1.82) is 0 Å². The molecule has 0 N–H and O–H groups in total. The number of alkyl halides is 2. The van der Waals surface area contributed by atoms with E-state index in [4.69, 9.17) is 0 Å². The van der Waals surface area contributed by atoms with Crippen molar-refractivity contribution >= 4 is 11.7 Å². The van der Waals surface area contributed by atoms with E-state index in [0.717, 1.165) is 10.9 Å². The topological polar surface area (TPSA) is 87.3 Å². The van der Waals surface area contributed by atoms with Crippen LogP contribution in [0.2, 0.25) is 0 Å². The minimum absolute atomic E-state index is 0.282. The summed E-state index contributed by atoms with van der Waals surface area (Å²) in [6.45, 7) is 0. The number of nitrogens with zero attached hydrogens (tertiary/aromatic N) is 3. The molecule has 1 heterocycles. The van der Waals surface area contributed by atoms with E-state index in [-0.39, 0.29) is 17.9 Å². The summed E-state index contributed by atoms with van der Waals surface area (Å²) in [6, 6.07) is -0.282. The molecule has 0 atom stereocenters. The highest BCUT2D eigenvalue weighted by Crippen LogP contribution is 2.40. The molecule has 0 amide bonds. The summed E-state index contributed by atoms with van der Waals surface area (Å²) in [5.74, 6) is -0.666. The summed E-state index contributed by atoms with van der Waals surface area (Å²) in [4.78, 5) is 20.9. The van der Waals surface area contributed by atoms with Gasteiger partial charge >= 0.3 is 11.7 Å². The van der Waals surface area contributed by atoms with Crippen molar-refractivity contribution in [1.82, 2.24) is 9.78 Å². The third kappa shape index (κ3) is 2.40. The molecule has 9 heteroatoms. The average molecular weight is 275 g/mol. The number of carbonyl (C=O) groups excluding carboxylic acids is 1. The first-order valence-corrected chi connectivity index (χ1v) is 5.53. The van der Waals surface area contributed by atoms with Gasteiger partial charge in [-0.1, -0.05) is 0 Å². The number of hydrogen-bond donors (Lipinski definition) is 0. The second-order valence-corrected chi connectivity index (χ2v) is 4.28. The zero-order valence-electron chi connectivity index (χ0n) is 9.95. The Morgan fingerprint density at radius 2 is 2.26 bits per heavy atom. The van der Waals surface area contributed by atoms with E-state index in [9.17, 15) is 23.7 Å². The zero-order valence-corrected chi connectivity index (χ0v) is 9.95. The van der Waals surface area contributed by atoms with Gasteiger partial charge in [-0.3, -0.25) is 19.6 Å². The lowest BCUT2D eigenvalue weighted by atomic mass is 9.80. The van der Waals surface area contributed by atoms with Crippen molar-refractivity contribution < 1.29 is 23.2 Å². The van der Waals surface area contributed by atoms with Crippen LogP contribution in [0.15, 0.2) is 6.20 Å². The Balaban J connectivity index is 2.13. The number of halogens is 2. The molecule has 0 aliphatic heterocycles. The van der Waals surface area contributed by atoms with Gasteiger partial charge in [0.25, 0.3) is 6.43 Å². The third-order valence-electron chi connectivity index (χ3n) is 3.17. The predicted octanol–water partition coefficient (Wildman–Crippen LogP) is 1.85. The van der Waals surface area contributed by atoms with Gasteiger partial charge in [0.15, 0.2) is 0 Å². The summed E-state index contributed by atoms with van der Waals surface area (Å²) < 4.78 is 30.9. The Hall–Kier alpha value is -2.06. The van der Waals surface area contributed by atoms with Crippen molar-refractivity contribution in [2.75, 3.05) is 7.11 Å². The number of nitro groups is 1. The first-order chi connectivity index (χ1) is 8.93. The zero-order chi connectivity index (χ0) is 14.2. The highest BCUT2D eigenvalue weighted by molar-refractivity contribution is 5.73. The average Bonchev–Trinajstić information content (AvgIpc) is 2.71. The predicted molar refractivity (Wildman–Crippen MR) is 57.6 cm³/mol. The van der Waals surface area contributed by atoms with Crippen molar-refractivity contribution in [2.24, 2.45) is 5.92 Å². The first kappa shape index (κ1) is 13.4. The molecule has 1 aliphatic carbocycles. The lowest BCUT2D eigenvalue weighted by Gasteiger charge is -2.32. The Bertz CT molecular complexity index is 511. The second kappa shape index (κ2) is 4.90. The number of hydrogen-bond acceptors (Lipinski definition) is 5. The van der Waals surface area contributed by atoms with E-state index < -0.39 is 22.7 Å². The summed E-state index contributed by atoms with van der Waals surface area (Å²) in [6.07, 6.45) is -1.25. The smallest absolute Gasteiger partial charge is 0.316 e. The lowest BCUT2D eigenvalue weighted by Crippen LogP contribution is -2.33. The van der Waals surface area contributed by atoms with Crippen LogP contribution in [0.1, 0.15) is 31.0 Å². The normalized spacial score (nSPS) is 22.1. The van der Waals surface area contributed by atoms with Gasteiger partial charge in [0.1, 0.15) is 6.20 Å². The number of rotatable bonds is 4. The number of methoxy groups -OCH3 is 1. The summed E-state index contributed by atoms with van der Waals surface area (Å²) in [5, 5.41) is 14.2. The molecule has 0 spiro atoms. The Kier molecular flexibility index (Phi) is 3.45.